The predicted octanol–water partition coefficient (Wildman–Crippen LogP) is 0.509. The van der Waals surface area contributed by atoms with Gasteiger partial charge in [-0.3, -0.25) is 24.5 Å². The van der Waals surface area contributed by atoms with Gasteiger partial charge in [0.1, 0.15) is 17.9 Å². The van der Waals surface area contributed by atoms with Gasteiger partial charge in [-0.1, -0.05) is 20.8 Å². The van der Waals surface area contributed by atoms with E-state index in [0.717, 1.165) is 11.1 Å². The fraction of sp³-hybridized carbons (Fsp3) is 0.643. The van der Waals surface area contributed by atoms with E-state index in [9.17, 15) is 24.8 Å². The molecule has 0 unspecified atom stereocenters. The lowest BCUT2D eigenvalue weighted by molar-refractivity contribution is -0.385. The van der Waals surface area contributed by atoms with Gasteiger partial charge >= 0.3 is 11.7 Å². The molecule has 2 rings (SSSR count). The summed E-state index contributed by atoms with van der Waals surface area (Å²) in [5, 5.41) is 27.2. The van der Waals surface area contributed by atoms with Crippen LogP contribution in [0.1, 0.15) is 27.7 Å². The number of amides is 3. The highest BCUT2D eigenvalue weighted by Gasteiger charge is 2.54. The number of carbonyl (C=O) groups excluding carboxylic acids is 2. The van der Waals surface area contributed by atoms with Gasteiger partial charge < -0.3 is 10.4 Å². The van der Waals surface area contributed by atoms with E-state index < -0.39 is 33.9 Å². The highest BCUT2D eigenvalue weighted by molar-refractivity contribution is 6.07. The maximum Gasteiger partial charge on any atom is 0.325 e. The fourth-order valence-corrected chi connectivity index (χ4v) is 2.40. The molecule has 3 amide bonds. The first-order valence-electron chi connectivity index (χ1n) is 7.45. The van der Waals surface area contributed by atoms with Crippen LogP contribution in [0.15, 0.2) is 12.4 Å². The Kier molecular flexibility index (Phi) is 4.36. The van der Waals surface area contributed by atoms with Gasteiger partial charge in [0, 0.05) is 0 Å². The molecule has 1 aliphatic rings. The Bertz CT molecular complexity index is 679. The Labute approximate surface area is 138 Å². The number of hydrogen-bond donors (Lipinski definition) is 2. The van der Waals surface area contributed by atoms with E-state index in [4.69, 9.17) is 0 Å². The van der Waals surface area contributed by atoms with E-state index in [0.29, 0.717) is 0 Å². The van der Waals surface area contributed by atoms with Gasteiger partial charge in [0.25, 0.3) is 5.91 Å². The number of aliphatic hydroxyl groups is 1. The molecule has 10 heteroatoms. The fourth-order valence-electron chi connectivity index (χ4n) is 2.40. The van der Waals surface area contributed by atoms with E-state index in [1.165, 1.54) is 10.9 Å². The van der Waals surface area contributed by atoms with Crippen molar-refractivity contribution >= 4 is 17.6 Å². The average molecular weight is 339 g/mol. The molecule has 2 heterocycles. The third-order valence-corrected chi connectivity index (χ3v) is 4.40. The van der Waals surface area contributed by atoms with Crippen LogP contribution in [0.3, 0.4) is 0 Å². The molecule has 2 atom stereocenters. The SMILES string of the molecule is CC(C)(C)[C@]1(C)NC(=O)N(C[C@H](O)Cn2cc([N+](=O)[O-])cn2)C1=O. The topological polar surface area (TPSA) is 131 Å². The number of hydrogen-bond acceptors (Lipinski definition) is 6. The van der Waals surface area contributed by atoms with Gasteiger partial charge in [-0.05, 0) is 12.3 Å². The molecule has 0 aliphatic carbocycles. The number of nitrogens with zero attached hydrogens (tertiary/aromatic N) is 4. The molecule has 2 N–H and O–H groups in total. The highest BCUT2D eigenvalue weighted by Crippen LogP contribution is 2.35. The zero-order valence-electron chi connectivity index (χ0n) is 14.0. The van der Waals surface area contributed by atoms with Crippen molar-refractivity contribution in [3.05, 3.63) is 22.5 Å². The van der Waals surface area contributed by atoms with Crippen molar-refractivity contribution in [1.29, 1.82) is 0 Å². The van der Waals surface area contributed by atoms with Crippen LogP contribution in [-0.2, 0) is 11.3 Å². The maximum atomic E-state index is 12.6. The van der Waals surface area contributed by atoms with Gasteiger partial charge in [-0.25, -0.2) is 4.79 Å². The van der Waals surface area contributed by atoms with Crippen LogP contribution < -0.4 is 5.32 Å². The van der Waals surface area contributed by atoms with Gasteiger partial charge in [-0.2, -0.15) is 5.10 Å². The lowest BCUT2D eigenvalue weighted by Gasteiger charge is -2.35. The summed E-state index contributed by atoms with van der Waals surface area (Å²) in [6.07, 6.45) is 1.15. The molecule has 1 fully saturated rings. The molecular formula is C14H21N5O5. The number of nitrogens with one attached hydrogen (secondary N) is 1. The van der Waals surface area contributed by atoms with Crippen LogP contribution in [0.4, 0.5) is 10.5 Å². The largest absolute Gasteiger partial charge is 0.389 e. The summed E-state index contributed by atoms with van der Waals surface area (Å²) in [4.78, 5) is 35.7. The number of rotatable bonds is 5. The third-order valence-electron chi connectivity index (χ3n) is 4.40. The lowest BCUT2D eigenvalue weighted by Crippen LogP contribution is -2.54. The summed E-state index contributed by atoms with van der Waals surface area (Å²) in [7, 11) is 0. The monoisotopic (exact) mass is 339 g/mol. The molecule has 24 heavy (non-hydrogen) atoms. The number of imide groups is 1. The number of nitro groups is 1. The molecule has 0 saturated carbocycles. The van der Waals surface area contributed by atoms with Crippen molar-refractivity contribution in [3.63, 3.8) is 0 Å². The van der Waals surface area contributed by atoms with Gasteiger partial charge in [0.15, 0.2) is 0 Å². The van der Waals surface area contributed by atoms with Gasteiger partial charge in [0.2, 0.25) is 0 Å². The predicted molar refractivity (Wildman–Crippen MR) is 83.0 cm³/mol. The number of carbonyl (C=O) groups is 2. The van der Waals surface area contributed by atoms with Crippen LogP contribution in [-0.4, -0.2) is 54.8 Å². The quantitative estimate of drug-likeness (QED) is 0.456. The van der Waals surface area contributed by atoms with Crippen LogP contribution in [0.2, 0.25) is 0 Å². The van der Waals surface area contributed by atoms with Crippen LogP contribution in [0, 0.1) is 15.5 Å². The minimum Gasteiger partial charge on any atom is -0.389 e. The summed E-state index contributed by atoms with van der Waals surface area (Å²) >= 11 is 0. The number of β-amino-alcohol motifs (C(OH)–C–C–N with tert-alkyl or cyclic N) is 1. The number of aromatic nitrogens is 2. The van der Waals surface area contributed by atoms with Crippen molar-refractivity contribution in [2.45, 2.75) is 45.9 Å². The Balaban J connectivity index is 2.06. The summed E-state index contributed by atoms with van der Waals surface area (Å²) < 4.78 is 1.20. The average Bonchev–Trinajstić information content (AvgIpc) is 2.98. The molecule has 0 radical (unpaired) electrons. The normalized spacial score (nSPS) is 22.6. The van der Waals surface area contributed by atoms with E-state index in [-0.39, 0.29) is 18.8 Å². The lowest BCUT2D eigenvalue weighted by atomic mass is 9.75. The Morgan fingerprint density at radius 2 is 2.04 bits per heavy atom. The Morgan fingerprint density at radius 1 is 1.42 bits per heavy atom. The summed E-state index contributed by atoms with van der Waals surface area (Å²) in [6, 6.07) is -0.567. The zero-order chi connectivity index (χ0) is 18.3. The minimum absolute atomic E-state index is 0.0723. The van der Waals surface area contributed by atoms with Crippen LogP contribution in [0.5, 0.6) is 0 Å². The number of aliphatic hydroxyl groups excluding tert-OH is 1. The van der Waals surface area contributed by atoms with Crippen LogP contribution in [0.25, 0.3) is 0 Å². The second-order valence-corrected chi connectivity index (χ2v) is 7.05. The maximum absolute atomic E-state index is 12.6. The van der Waals surface area contributed by atoms with E-state index in [1.54, 1.807) is 6.92 Å². The molecular weight excluding hydrogens is 318 g/mol. The molecule has 10 nitrogen and oxygen atoms in total. The van der Waals surface area contributed by atoms with Gasteiger partial charge in [-0.15, -0.1) is 0 Å². The highest BCUT2D eigenvalue weighted by atomic mass is 16.6. The molecule has 1 aromatic rings. The standard InChI is InChI=1S/C14H21N5O5/c1-13(2,3)14(4)11(21)18(12(22)16-14)8-10(20)7-17-6-9(5-15-17)19(23)24/h5-6,10,20H,7-8H2,1-4H3,(H,16,22)/t10-,14-/m1/s1. The van der Waals surface area contributed by atoms with E-state index in [2.05, 4.69) is 10.4 Å². The Morgan fingerprint density at radius 3 is 2.50 bits per heavy atom. The van der Waals surface area contributed by atoms with Crippen LogP contribution >= 0.6 is 0 Å². The van der Waals surface area contributed by atoms with E-state index in [1.807, 2.05) is 20.8 Å². The molecule has 1 aromatic heterocycles. The summed E-state index contributed by atoms with van der Waals surface area (Å²) in [5.41, 5.74) is -1.76. The zero-order valence-corrected chi connectivity index (χ0v) is 14.0. The Hall–Kier alpha value is -2.49. The first-order chi connectivity index (χ1) is 11.0. The number of urea groups is 1. The smallest absolute Gasteiger partial charge is 0.325 e. The third kappa shape index (κ3) is 3.09. The molecule has 0 bridgehead atoms. The van der Waals surface area contributed by atoms with Crippen molar-refractivity contribution < 1.29 is 19.6 Å². The van der Waals surface area contributed by atoms with Crippen molar-refractivity contribution in [2.24, 2.45) is 5.41 Å². The second kappa shape index (κ2) is 5.86. The minimum atomic E-state index is -1.10. The van der Waals surface area contributed by atoms with Crippen molar-refractivity contribution in [2.75, 3.05) is 6.54 Å². The molecule has 1 aliphatic heterocycles. The molecule has 0 aromatic carbocycles. The second-order valence-electron chi connectivity index (χ2n) is 7.05. The first-order valence-corrected chi connectivity index (χ1v) is 7.45. The van der Waals surface area contributed by atoms with Crippen molar-refractivity contribution in [1.82, 2.24) is 20.0 Å². The van der Waals surface area contributed by atoms with Crippen molar-refractivity contribution in [3.8, 4) is 0 Å². The summed E-state index contributed by atoms with van der Waals surface area (Å²) in [5.74, 6) is -0.412. The molecule has 0 spiro atoms. The van der Waals surface area contributed by atoms with Gasteiger partial charge in [0.05, 0.1) is 24.1 Å². The molecule has 132 valence electrons. The van der Waals surface area contributed by atoms with E-state index >= 15 is 0 Å². The first kappa shape index (κ1) is 17.9. The molecule has 1 saturated heterocycles. The summed E-state index contributed by atoms with van der Waals surface area (Å²) in [6.45, 7) is 6.88.